The summed E-state index contributed by atoms with van der Waals surface area (Å²) in [5.74, 6) is 0. The Balaban J connectivity index is 2.15. The number of rotatable bonds is 1. The molecule has 13 heavy (non-hydrogen) atoms. The van der Waals surface area contributed by atoms with Crippen LogP contribution in [-0.4, -0.2) is 14.4 Å². The smallest absolute Gasteiger partial charge is 0.0880 e. The van der Waals surface area contributed by atoms with Gasteiger partial charge in [0.25, 0.3) is 0 Å². The molecule has 3 rings (SSSR count). The average molecular weight is 175 g/mol. The largest absolute Gasteiger partial charge is 0.187 e. The summed E-state index contributed by atoms with van der Waals surface area (Å²) in [4.78, 5) is 6.76. The second kappa shape index (κ2) is 2.10. The number of nitrogens with zero attached hydrogens (tertiary/aromatic N) is 3. The third-order valence-electron chi connectivity index (χ3n) is 2.96. The molecule has 2 aromatic rings. The van der Waals surface area contributed by atoms with Gasteiger partial charge >= 0.3 is 0 Å². The van der Waals surface area contributed by atoms with Crippen molar-refractivity contribution in [3.8, 4) is 5.69 Å². The van der Waals surface area contributed by atoms with Crippen LogP contribution in [0.2, 0.25) is 0 Å². The quantitative estimate of drug-likeness (QED) is 0.626. The van der Waals surface area contributed by atoms with Gasteiger partial charge in [-0.15, -0.1) is 0 Å². The van der Waals surface area contributed by atoms with Crippen LogP contribution >= 0.6 is 0 Å². The molecule has 0 radical (unpaired) electrons. The normalized spacial score (nSPS) is 14.3. The highest BCUT2D eigenvalue weighted by atomic mass is 16.0. The molecule has 1 aliphatic heterocycles. The molecule has 0 N–H and O–H groups in total. The van der Waals surface area contributed by atoms with Crippen LogP contribution in [-0.2, 0) is 13.1 Å². The van der Waals surface area contributed by atoms with E-state index in [1.54, 1.807) is 0 Å². The van der Waals surface area contributed by atoms with E-state index in [0.717, 1.165) is 0 Å². The van der Waals surface area contributed by atoms with Crippen molar-refractivity contribution < 1.29 is 0 Å². The Kier molecular flexibility index (Phi) is 1.14. The zero-order valence-electron chi connectivity index (χ0n) is 7.99. The fourth-order valence-corrected chi connectivity index (χ4v) is 1.85. The summed E-state index contributed by atoms with van der Waals surface area (Å²) in [7, 11) is 0. The molecule has 1 aliphatic rings. The molecule has 2 heterocycles. The molecule has 1 aromatic carbocycles. The molecule has 0 atom stereocenters. The van der Waals surface area contributed by atoms with Gasteiger partial charge < -0.3 is 0 Å². The summed E-state index contributed by atoms with van der Waals surface area (Å²) < 4.78 is 0. The van der Waals surface area contributed by atoms with Gasteiger partial charge in [-0.25, -0.2) is 0 Å². The molecule has 3 heteroatoms. The summed E-state index contributed by atoms with van der Waals surface area (Å²) in [5, 5.41) is 0. The Morgan fingerprint density at radius 3 is 2.38 bits per heavy atom. The van der Waals surface area contributed by atoms with E-state index in [2.05, 4.69) is 46.4 Å². The van der Waals surface area contributed by atoms with Crippen LogP contribution < -0.4 is 0 Å². The van der Waals surface area contributed by atoms with Crippen molar-refractivity contribution in [2.45, 2.75) is 26.9 Å². The second-order valence-electron chi connectivity index (χ2n) is 3.70. The molecular formula is C10H13N3. The Bertz CT molecular complexity index is 440. The van der Waals surface area contributed by atoms with Crippen LogP contribution in [0, 0.1) is 13.8 Å². The molecule has 0 fully saturated rings. The molecule has 0 saturated carbocycles. The van der Waals surface area contributed by atoms with Crippen molar-refractivity contribution >= 4 is 0 Å². The molecule has 0 aliphatic carbocycles. The molecule has 3 nitrogen and oxygen atoms in total. The molecule has 0 amide bonds. The Hall–Kier alpha value is -1.38. The van der Waals surface area contributed by atoms with Gasteiger partial charge in [0.15, 0.2) is 0 Å². The first-order valence-electron chi connectivity index (χ1n) is 4.70. The van der Waals surface area contributed by atoms with Crippen molar-refractivity contribution in [3.05, 3.63) is 29.3 Å². The van der Waals surface area contributed by atoms with Crippen LogP contribution in [0.4, 0.5) is 0 Å². The summed E-state index contributed by atoms with van der Waals surface area (Å²) in [5.41, 5.74) is 4.08. The fourth-order valence-electron chi connectivity index (χ4n) is 1.85. The van der Waals surface area contributed by atoms with Crippen LogP contribution in [0.5, 0.6) is 0 Å². The number of aryl methyl sites for hydroxylation is 1. The molecule has 0 bridgehead atoms. The van der Waals surface area contributed by atoms with Gasteiger partial charge in [0.1, 0.15) is 0 Å². The lowest BCUT2D eigenvalue weighted by Crippen LogP contribution is -2.10. The van der Waals surface area contributed by atoms with Crippen molar-refractivity contribution in [1.82, 2.24) is 14.4 Å². The van der Waals surface area contributed by atoms with E-state index in [-0.39, 0.29) is 0 Å². The second-order valence-corrected chi connectivity index (χ2v) is 3.70. The first-order valence-corrected chi connectivity index (χ1v) is 4.70. The van der Waals surface area contributed by atoms with Crippen molar-refractivity contribution in [2.24, 2.45) is 0 Å². The highest BCUT2D eigenvalue weighted by Gasteiger charge is 2.27. The van der Waals surface area contributed by atoms with Gasteiger partial charge in [-0.1, -0.05) is 12.1 Å². The number of aromatic nitrogens is 3. The summed E-state index contributed by atoms with van der Waals surface area (Å²) >= 11 is 0. The standard InChI is InChI=1S/C10H13N3/c1-8-4-3-5-10(9(8)2)13-11-6-7-12(11)13/h3-5H,6-7H2,1-2H3. The summed E-state index contributed by atoms with van der Waals surface area (Å²) in [6.07, 6.45) is 0. The van der Waals surface area contributed by atoms with E-state index in [0.29, 0.717) is 0 Å². The monoisotopic (exact) mass is 175 g/mol. The third-order valence-corrected chi connectivity index (χ3v) is 2.96. The third kappa shape index (κ3) is 0.789. The topological polar surface area (TPSA) is 14.8 Å². The van der Waals surface area contributed by atoms with Gasteiger partial charge in [-0.05, 0) is 31.0 Å². The van der Waals surface area contributed by atoms with Gasteiger partial charge in [0, 0.05) is 0 Å². The van der Waals surface area contributed by atoms with E-state index in [1.807, 2.05) is 0 Å². The molecule has 1 aromatic heterocycles. The van der Waals surface area contributed by atoms with Crippen LogP contribution in [0.25, 0.3) is 5.69 Å². The Morgan fingerprint density at radius 1 is 1.08 bits per heavy atom. The zero-order chi connectivity index (χ0) is 9.00. The fraction of sp³-hybridized carbons (Fsp3) is 0.400. The Labute approximate surface area is 77.1 Å². The lowest BCUT2D eigenvalue weighted by molar-refractivity contribution is 0.436. The first kappa shape index (κ1) is 7.06. The molecular weight excluding hydrogens is 162 g/mol. The van der Waals surface area contributed by atoms with E-state index in [4.69, 9.17) is 0 Å². The average Bonchev–Trinajstić information content (AvgIpc) is 2.58. The van der Waals surface area contributed by atoms with Crippen molar-refractivity contribution in [3.63, 3.8) is 0 Å². The van der Waals surface area contributed by atoms with E-state index < -0.39 is 0 Å². The number of benzene rings is 1. The minimum absolute atomic E-state index is 1.17. The maximum absolute atomic E-state index is 2.25. The number of hydrogen-bond donors (Lipinski definition) is 0. The Morgan fingerprint density at radius 2 is 1.77 bits per heavy atom. The predicted octanol–water partition coefficient (Wildman–Crippen LogP) is 1.71. The summed E-state index contributed by atoms with van der Waals surface area (Å²) in [6.45, 7) is 6.69. The van der Waals surface area contributed by atoms with Crippen LogP contribution in [0.3, 0.4) is 0 Å². The maximum Gasteiger partial charge on any atom is 0.0880 e. The van der Waals surface area contributed by atoms with E-state index >= 15 is 0 Å². The van der Waals surface area contributed by atoms with Gasteiger partial charge in [0.05, 0.1) is 18.8 Å². The molecule has 68 valence electrons. The maximum atomic E-state index is 2.25. The van der Waals surface area contributed by atoms with Gasteiger partial charge in [0.2, 0.25) is 0 Å². The SMILES string of the molecule is Cc1cccc(-n2n3n2CC3)c1C. The van der Waals surface area contributed by atoms with Crippen molar-refractivity contribution in [1.29, 1.82) is 0 Å². The minimum Gasteiger partial charge on any atom is -0.187 e. The lowest BCUT2D eigenvalue weighted by atomic mass is 10.1. The molecule has 0 saturated heterocycles. The number of fused-ring (bicyclic) bond motifs is 1. The van der Waals surface area contributed by atoms with E-state index in [1.165, 1.54) is 29.9 Å². The lowest BCUT2D eigenvalue weighted by Gasteiger charge is -2.02. The van der Waals surface area contributed by atoms with Crippen LogP contribution in [0.15, 0.2) is 18.2 Å². The highest BCUT2D eigenvalue weighted by molar-refractivity contribution is 5.43. The van der Waals surface area contributed by atoms with Crippen molar-refractivity contribution in [2.75, 3.05) is 0 Å². The molecule has 0 spiro atoms. The summed E-state index contributed by atoms with van der Waals surface area (Å²) in [6, 6.07) is 6.47. The number of hydrogen-bond acceptors (Lipinski definition) is 0. The zero-order valence-corrected chi connectivity index (χ0v) is 7.99. The first-order chi connectivity index (χ1) is 6.29. The van der Waals surface area contributed by atoms with Gasteiger partial charge in [-0.3, -0.25) is 0 Å². The predicted molar refractivity (Wildman–Crippen MR) is 51.2 cm³/mol. The molecule has 0 unspecified atom stereocenters. The van der Waals surface area contributed by atoms with Gasteiger partial charge in [-0.2, -0.15) is 14.4 Å². The van der Waals surface area contributed by atoms with Crippen LogP contribution in [0.1, 0.15) is 11.1 Å². The van der Waals surface area contributed by atoms with E-state index in [9.17, 15) is 0 Å². The highest BCUT2D eigenvalue weighted by Crippen LogP contribution is 2.24. The minimum atomic E-state index is 1.17.